The molecular weight excluding hydrogens is 336 g/mol. The summed E-state index contributed by atoms with van der Waals surface area (Å²) in [5.74, 6) is -0.485. The van der Waals surface area contributed by atoms with E-state index < -0.39 is 16.9 Å². The molecule has 1 aromatic heterocycles. The second-order valence-electron chi connectivity index (χ2n) is 5.85. The van der Waals surface area contributed by atoms with Crippen molar-refractivity contribution in [2.24, 2.45) is 0 Å². The first-order chi connectivity index (χ1) is 10.8. The summed E-state index contributed by atoms with van der Waals surface area (Å²) in [7, 11) is 0. The molecule has 122 valence electrons. The van der Waals surface area contributed by atoms with Crippen molar-refractivity contribution in [3.8, 4) is 0 Å². The van der Waals surface area contributed by atoms with Crippen molar-refractivity contribution in [3.05, 3.63) is 50.9 Å². The monoisotopic (exact) mass is 352 g/mol. The van der Waals surface area contributed by atoms with Crippen LogP contribution in [0.4, 0.5) is 0 Å². The molecule has 1 aromatic carbocycles. The Balaban J connectivity index is 2.49. The highest BCUT2D eigenvalue weighted by Crippen LogP contribution is 2.18. The molecule has 6 nitrogen and oxygen atoms in total. The summed E-state index contributed by atoms with van der Waals surface area (Å²) in [6, 6.07) is 6.62. The van der Waals surface area contributed by atoms with Gasteiger partial charge < -0.3 is 0 Å². The topological polar surface area (TPSA) is 76.9 Å². The molecule has 1 heterocycles. The van der Waals surface area contributed by atoms with Crippen molar-refractivity contribution in [2.45, 2.75) is 31.3 Å². The van der Waals surface area contributed by atoms with Crippen LogP contribution in [0.1, 0.15) is 36.8 Å². The van der Waals surface area contributed by atoms with Gasteiger partial charge in [-0.3, -0.25) is 15.0 Å². The predicted octanol–water partition coefficient (Wildman–Crippen LogP) is 2.70. The molecule has 1 amide bonds. The van der Waals surface area contributed by atoms with Gasteiger partial charge in [0.15, 0.2) is 0 Å². The zero-order chi connectivity index (χ0) is 17.2. The molecule has 23 heavy (non-hydrogen) atoms. The molecule has 0 radical (unpaired) electrons. The molecular formula is C15H17ClN4O2S. The van der Waals surface area contributed by atoms with Gasteiger partial charge in [-0.2, -0.15) is 4.68 Å². The maximum absolute atomic E-state index is 12.6. The van der Waals surface area contributed by atoms with Crippen LogP contribution in [0.15, 0.2) is 34.2 Å². The van der Waals surface area contributed by atoms with Crippen LogP contribution in [0.5, 0.6) is 0 Å². The van der Waals surface area contributed by atoms with Gasteiger partial charge in [0.2, 0.25) is 5.16 Å². The number of hydrogen-bond acceptors (Lipinski definition) is 5. The van der Waals surface area contributed by atoms with Gasteiger partial charge in [-0.1, -0.05) is 56.3 Å². The molecule has 0 spiro atoms. The summed E-state index contributed by atoms with van der Waals surface area (Å²) in [4.78, 5) is 25.1. The molecule has 0 aliphatic rings. The number of nitrogens with zero attached hydrogens (tertiary/aromatic N) is 3. The summed E-state index contributed by atoms with van der Waals surface area (Å²) in [6.45, 7) is 5.58. The van der Waals surface area contributed by atoms with E-state index >= 15 is 0 Å². The fourth-order valence-electron chi connectivity index (χ4n) is 1.88. The minimum Gasteiger partial charge on any atom is -0.267 e. The highest BCUT2D eigenvalue weighted by Gasteiger charge is 2.24. The van der Waals surface area contributed by atoms with Gasteiger partial charge in [-0.25, -0.2) is 0 Å². The van der Waals surface area contributed by atoms with Gasteiger partial charge in [0.25, 0.3) is 11.5 Å². The number of amides is 1. The Morgan fingerprint density at radius 2 is 1.91 bits per heavy atom. The fraction of sp³-hybridized carbons (Fsp3) is 0.333. The third-order valence-electron chi connectivity index (χ3n) is 3.06. The van der Waals surface area contributed by atoms with Gasteiger partial charge in [0.05, 0.1) is 10.6 Å². The van der Waals surface area contributed by atoms with Gasteiger partial charge in [0.1, 0.15) is 5.69 Å². The predicted molar refractivity (Wildman–Crippen MR) is 91.9 cm³/mol. The lowest BCUT2D eigenvalue weighted by Gasteiger charge is -2.19. The van der Waals surface area contributed by atoms with Crippen molar-refractivity contribution >= 4 is 29.3 Å². The van der Waals surface area contributed by atoms with E-state index in [0.717, 1.165) is 4.68 Å². The molecule has 0 aliphatic heterocycles. The molecule has 2 aromatic rings. The molecule has 0 saturated heterocycles. The molecule has 0 atom stereocenters. The summed E-state index contributed by atoms with van der Waals surface area (Å²) >= 11 is 7.23. The highest BCUT2D eigenvalue weighted by molar-refractivity contribution is 7.98. The quantitative estimate of drug-likeness (QED) is 0.859. The minimum absolute atomic E-state index is 0.273. The van der Waals surface area contributed by atoms with Crippen LogP contribution < -0.4 is 11.0 Å². The second kappa shape index (κ2) is 6.72. The molecule has 0 bridgehead atoms. The van der Waals surface area contributed by atoms with Crippen molar-refractivity contribution in [3.63, 3.8) is 0 Å². The second-order valence-corrected chi connectivity index (χ2v) is 7.03. The van der Waals surface area contributed by atoms with Crippen LogP contribution in [0.2, 0.25) is 5.02 Å². The summed E-state index contributed by atoms with van der Waals surface area (Å²) in [5, 5.41) is 8.62. The number of nitrogens with one attached hydrogen (secondary N) is 1. The van der Waals surface area contributed by atoms with E-state index in [9.17, 15) is 9.59 Å². The third kappa shape index (κ3) is 3.73. The number of carbonyl (C=O) groups is 1. The normalized spacial score (nSPS) is 11.3. The number of benzene rings is 1. The standard InChI is InChI=1S/C15H17ClN4O2S/c1-15(2,3)11-13(22)20(14(23-4)18-17-11)19-12(21)9-7-5-6-8-10(9)16/h5-8H,1-4H3,(H,19,21). The maximum Gasteiger partial charge on any atom is 0.295 e. The van der Waals surface area contributed by atoms with Crippen molar-refractivity contribution in [1.29, 1.82) is 0 Å². The molecule has 0 unspecified atom stereocenters. The third-order valence-corrected chi connectivity index (χ3v) is 4.02. The molecule has 0 fully saturated rings. The van der Waals surface area contributed by atoms with Gasteiger partial charge in [0, 0.05) is 5.41 Å². The Kier molecular flexibility index (Phi) is 5.11. The molecule has 1 N–H and O–H groups in total. The van der Waals surface area contributed by atoms with Crippen molar-refractivity contribution < 1.29 is 4.79 Å². The number of rotatable bonds is 3. The Labute approximate surface area is 143 Å². The van der Waals surface area contributed by atoms with Gasteiger partial charge >= 0.3 is 0 Å². The Morgan fingerprint density at radius 3 is 2.48 bits per heavy atom. The fourth-order valence-corrected chi connectivity index (χ4v) is 2.54. The van der Waals surface area contributed by atoms with Crippen molar-refractivity contribution in [1.82, 2.24) is 14.9 Å². The van der Waals surface area contributed by atoms with Crippen LogP contribution in [-0.2, 0) is 5.41 Å². The molecule has 0 saturated carbocycles. The maximum atomic E-state index is 12.6. The average molecular weight is 353 g/mol. The number of halogens is 1. The van der Waals surface area contributed by atoms with Crippen LogP contribution in [0, 0.1) is 0 Å². The smallest absolute Gasteiger partial charge is 0.267 e. The van der Waals surface area contributed by atoms with E-state index in [2.05, 4.69) is 15.6 Å². The number of thioether (sulfide) groups is 1. The summed E-state index contributed by atoms with van der Waals surface area (Å²) in [6.07, 6.45) is 1.75. The minimum atomic E-state index is -0.488. The SMILES string of the molecule is CSc1nnc(C(C)(C)C)c(=O)n1NC(=O)c1ccccc1Cl. The summed E-state index contributed by atoms with van der Waals surface area (Å²) < 4.78 is 1.11. The first kappa shape index (κ1) is 17.5. The van der Waals surface area contributed by atoms with E-state index in [-0.39, 0.29) is 11.3 Å². The number of carbonyl (C=O) groups excluding carboxylic acids is 1. The first-order valence-corrected chi connectivity index (χ1v) is 8.46. The molecule has 2 rings (SSSR count). The van der Waals surface area contributed by atoms with Gasteiger partial charge in [-0.15, -0.1) is 10.2 Å². The van der Waals surface area contributed by atoms with E-state index in [4.69, 9.17) is 11.6 Å². The number of aromatic nitrogens is 3. The Bertz CT molecular complexity index is 799. The van der Waals surface area contributed by atoms with E-state index in [1.807, 2.05) is 20.8 Å². The Hall–Kier alpha value is -1.86. The van der Waals surface area contributed by atoms with Crippen LogP contribution in [-0.4, -0.2) is 27.0 Å². The first-order valence-electron chi connectivity index (χ1n) is 6.85. The average Bonchev–Trinajstić information content (AvgIpc) is 2.48. The van der Waals surface area contributed by atoms with Crippen LogP contribution >= 0.6 is 23.4 Å². The lowest BCUT2D eigenvalue weighted by Crippen LogP contribution is -2.40. The highest BCUT2D eigenvalue weighted by atomic mass is 35.5. The molecule has 8 heteroatoms. The van der Waals surface area contributed by atoms with Crippen LogP contribution in [0.25, 0.3) is 0 Å². The van der Waals surface area contributed by atoms with Crippen LogP contribution in [0.3, 0.4) is 0 Å². The Morgan fingerprint density at radius 1 is 1.26 bits per heavy atom. The molecule has 0 aliphatic carbocycles. The lowest BCUT2D eigenvalue weighted by molar-refractivity contribution is 0.100. The van der Waals surface area contributed by atoms with E-state index in [0.29, 0.717) is 10.2 Å². The van der Waals surface area contributed by atoms with E-state index in [1.54, 1.807) is 30.5 Å². The number of hydrogen-bond donors (Lipinski definition) is 1. The van der Waals surface area contributed by atoms with E-state index in [1.165, 1.54) is 11.8 Å². The lowest BCUT2D eigenvalue weighted by atomic mass is 9.93. The zero-order valence-electron chi connectivity index (χ0n) is 13.3. The zero-order valence-corrected chi connectivity index (χ0v) is 14.8. The van der Waals surface area contributed by atoms with Gasteiger partial charge in [-0.05, 0) is 18.4 Å². The summed E-state index contributed by atoms with van der Waals surface area (Å²) in [5.41, 5.74) is 2.22. The largest absolute Gasteiger partial charge is 0.295 e. The van der Waals surface area contributed by atoms with Crippen molar-refractivity contribution in [2.75, 3.05) is 11.7 Å².